The zero-order valence-corrected chi connectivity index (χ0v) is 24.8. The minimum atomic E-state index is 0. The topological polar surface area (TPSA) is 130 Å². The summed E-state index contributed by atoms with van der Waals surface area (Å²) < 4.78 is 0. The number of hydrogen-bond acceptors (Lipinski definition) is 8. The molecule has 0 heterocycles. The first kappa shape index (κ1) is 33.6. The Kier molecular flexibility index (Phi) is 15.9. The van der Waals surface area contributed by atoms with Gasteiger partial charge in [-0.3, -0.25) is 20.0 Å². The predicted octanol–water partition coefficient (Wildman–Crippen LogP) is 5.27. The Morgan fingerprint density at radius 2 is 0.561 bits per heavy atom. The smallest absolute Gasteiger partial charge is 0.507 e. The average molecular weight is 689 g/mol. The fourth-order valence-electron chi connectivity index (χ4n) is 3.27. The van der Waals surface area contributed by atoms with Crippen LogP contribution in [0.15, 0.2) is 117 Å². The van der Waals surface area contributed by atoms with Crippen LogP contribution < -0.4 is 0 Å². The zero-order chi connectivity index (χ0) is 28.4. The van der Waals surface area contributed by atoms with Crippen LogP contribution in [0.2, 0.25) is 0 Å². The van der Waals surface area contributed by atoms with Crippen molar-refractivity contribution >= 4 is 24.9 Å². The average Bonchev–Trinajstić information content (AvgIpc) is 2.96. The Balaban J connectivity index is 0.000000280. The molecule has 0 saturated heterocycles. The number of aromatic hydroxyl groups is 4. The van der Waals surface area contributed by atoms with Crippen LogP contribution in [0.25, 0.3) is 0 Å². The fraction of sp³-hybridized carbons (Fsp3) is 0.125. The minimum Gasteiger partial charge on any atom is -0.507 e. The Bertz CT molecular complexity index is 1250. The molecule has 0 radical (unpaired) electrons. The molecule has 0 unspecified atom stereocenters. The van der Waals surface area contributed by atoms with E-state index in [0.717, 1.165) is 0 Å². The van der Waals surface area contributed by atoms with Crippen molar-refractivity contribution in [2.24, 2.45) is 20.0 Å². The minimum absolute atomic E-state index is 0. The van der Waals surface area contributed by atoms with Gasteiger partial charge >= 0.3 is 49.4 Å². The third kappa shape index (κ3) is 12.6. The number of nitrogens with zero attached hydrogens (tertiary/aromatic N) is 4. The Morgan fingerprint density at radius 1 is 0.366 bits per heavy atom. The molecule has 0 aliphatic carbocycles. The summed E-state index contributed by atoms with van der Waals surface area (Å²) in [5.41, 5.74) is 2.77. The number of aliphatic imine (C=N–C) groups is 4. The van der Waals surface area contributed by atoms with E-state index in [1.54, 1.807) is 97.7 Å². The van der Waals surface area contributed by atoms with E-state index in [-0.39, 0.29) is 72.4 Å². The number of phenols is 4. The number of para-hydroxylation sites is 4. The Hall–Kier alpha value is -3.66. The van der Waals surface area contributed by atoms with Crippen LogP contribution in [-0.2, 0) is 0 Å². The maximum atomic E-state index is 9.54. The van der Waals surface area contributed by atoms with E-state index >= 15 is 0 Å². The van der Waals surface area contributed by atoms with Crippen molar-refractivity contribution in [3.63, 3.8) is 0 Å². The van der Waals surface area contributed by atoms with Gasteiger partial charge in [-0.1, -0.05) is 48.5 Å². The van der Waals surface area contributed by atoms with Gasteiger partial charge < -0.3 is 20.4 Å². The van der Waals surface area contributed by atoms with Crippen molar-refractivity contribution in [1.29, 1.82) is 0 Å². The second-order valence-electron chi connectivity index (χ2n) is 8.38. The van der Waals surface area contributed by atoms with Crippen LogP contribution in [0, 0.1) is 49.4 Å². The maximum Gasteiger partial charge on any atom is 3.00 e. The summed E-state index contributed by atoms with van der Waals surface area (Å²) in [6.45, 7) is 2.10. The normalized spacial score (nSPS) is 11.1. The van der Waals surface area contributed by atoms with E-state index in [1.807, 2.05) is 24.3 Å². The summed E-state index contributed by atoms with van der Waals surface area (Å²) >= 11 is 0. The molecule has 41 heavy (non-hydrogen) atoms. The first-order valence-electron chi connectivity index (χ1n) is 12.7. The van der Waals surface area contributed by atoms with Gasteiger partial charge in [0.25, 0.3) is 0 Å². The van der Waals surface area contributed by atoms with Crippen LogP contribution in [0.1, 0.15) is 22.3 Å². The van der Waals surface area contributed by atoms with Crippen molar-refractivity contribution in [2.75, 3.05) is 26.2 Å². The largest absolute Gasteiger partial charge is 3.00 e. The molecule has 0 aliphatic rings. The monoisotopic (exact) mass is 689 g/mol. The van der Waals surface area contributed by atoms with Gasteiger partial charge in [0, 0.05) is 47.1 Å². The second kappa shape index (κ2) is 19.4. The van der Waals surface area contributed by atoms with Crippen molar-refractivity contribution in [2.45, 2.75) is 0 Å². The van der Waals surface area contributed by atoms with Crippen LogP contribution in [-0.4, -0.2) is 71.5 Å². The summed E-state index contributed by atoms with van der Waals surface area (Å²) in [5, 5.41) is 38.2. The molecule has 4 aromatic rings. The van der Waals surface area contributed by atoms with Gasteiger partial charge in [0.2, 0.25) is 0 Å². The third-order valence-electron chi connectivity index (χ3n) is 5.38. The first-order chi connectivity index (χ1) is 19.5. The van der Waals surface area contributed by atoms with Gasteiger partial charge in [-0.15, -0.1) is 0 Å². The number of benzene rings is 4. The molecule has 4 aromatic carbocycles. The van der Waals surface area contributed by atoms with Gasteiger partial charge in [0.05, 0.1) is 26.2 Å². The van der Waals surface area contributed by atoms with E-state index in [4.69, 9.17) is 0 Å². The van der Waals surface area contributed by atoms with Crippen LogP contribution in [0.4, 0.5) is 0 Å². The summed E-state index contributed by atoms with van der Waals surface area (Å²) in [5.74, 6) is 0.867. The SMILES string of the molecule is Oc1ccccc1C=NCCN=Cc1ccccc1O.Oc1ccccc1C=NCCN=Cc1ccccc1O.[Eu+3]. The van der Waals surface area contributed by atoms with E-state index < -0.39 is 0 Å². The molecule has 4 rings (SSSR count). The van der Waals surface area contributed by atoms with E-state index in [2.05, 4.69) is 20.0 Å². The standard InChI is InChI=1S/2C16H16N2O2.Eu/c2*19-15-7-3-1-5-13(15)11-17-9-10-18-12-14-6-2-4-8-16(14)20;/h2*1-8,11-12,19-20H,9-10H2;/q;;+3. The van der Waals surface area contributed by atoms with Gasteiger partial charge in [-0.2, -0.15) is 0 Å². The van der Waals surface area contributed by atoms with Gasteiger partial charge in [-0.25, -0.2) is 0 Å². The summed E-state index contributed by atoms with van der Waals surface area (Å²) in [7, 11) is 0. The van der Waals surface area contributed by atoms with Crippen molar-refractivity contribution in [3.05, 3.63) is 119 Å². The quantitative estimate of drug-likeness (QED) is 0.134. The third-order valence-corrected chi connectivity index (χ3v) is 5.38. The van der Waals surface area contributed by atoms with Crippen LogP contribution in [0.5, 0.6) is 23.0 Å². The summed E-state index contributed by atoms with van der Waals surface area (Å²) in [6, 6.07) is 28.1. The molecule has 208 valence electrons. The van der Waals surface area contributed by atoms with Crippen molar-refractivity contribution in [1.82, 2.24) is 0 Å². The van der Waals surface area contributed by atoms with Gasteiger partial charge in [-0.05, 0) is 48.5 Å². The first-order valence-corrected chi connectivity index (χ1v) is 12.7. The molecule has 0 aliphatic heterocycles. The number of rotatable bonds is 10. The summed E-state index contributed by atoms with van der Waals surface area (Å²) in [6.07, 6.45) is 6.52. The number of hydrogen-bond donors (Lipinski definition) is 4. The van der Waals surface area contributed by atoms with Crippen molar-refractivity contribution < 1.29 is 69.8 Å². The predicted molar refractivity (Wildman–Crippen MR) is 162 cm³/mol. The molecule has 0 bridgehead atoms. The van der Waals surface area contributed by atoms with E-state index in [0.29, 0.717) is 48.4 Å². The zero-order valence-electron chi connectivity index (χ0n) is 22.3. The van der Waals surface area contributed by atoms with Crippen LogP contribution >= 0.6 is 0 Å². The molecular weight excluding hydrogens is 656 g/mol. The summed E-state index contributed by atoms with van der Waals surface area (Å²) in [4.78, 5) is 16.8. The Labute approximate surface area is 280 Å². The molecular formula is C32H32EuN4O4+3. The van der Waals surface area contributed by atoms with E-state index in [1.165, 1.54) is 0 Å². The van der Waals surface area contributed by atoms with Gasteiger partial charge in [0.1, 0.15) is 23.0 Å². The fourth-order valence-corrected chi connectivity index (χ4v) is 3.27. The van der Waals surface area contributed by atoms with E-state index in [9.17, 15) is 20.4 Å². The Morgan fingerprint density at radius 3 is 0.756 bits per heavy atom. The van der Waals surface area contributed by atoms with Gasteiger partial charge in [0.15, 0.2) is 0 Å². The van der Waals surface area contributed by atoms with Crippen LogP contribution in [0.3, 0.4) is 0 Å². The maximum absolute atomic E-state index is 9.54. The molecule has 0 spiro atoms. The molecule has 0 amide bonds. The second-order valence-corrected chi connectivity index (χ2v) is 8.38. The molecule has 0 aromatic heterocycles. The molecule has 9 heteroatoms. The van der Waals surface area contributed by atoms with Crippen molar-refractivity contribution in [3.8, 4) is 23.0 Å². The molecule has 0 saturated carbocycles. The number of phenolic OH excluding ortho intramolecular Hbond substituents is 4. The molecule has 8 nitrogen and oxygen atoms in total. The molecule has 4 N–H and O–H groups in total. The molecule has 0 fully saturated rings. The molecule has 0 atom stereocenters.